The second-order valence-corrected chi connectivity index (χ2v) is 8.05. The minimum atomic E-state index is -0.142. The Balaban J connectivity index is 1.81. The van der Waals surface area contributed by atoms with Crippen molar-refractivity contribution in [1.29, 1.82) is 0 Å². The summed E-state index contributed by atoms with van der Waals surface area (Å²) in [4.78, 5) is 2.21. The molecule has 3 aromatic rings. The van der Waals surface area contributed by atoms with Crippen LogP contribution in [0.15, 0.2) is 60.7 Å². The minimum absolute atomic E-state index is 0.142. The summed E-state index contributed by atoms with van der Waals surface area (Å²) in [5.41, 5.74) is 4.30. The molecule has 1 unspecified atom stereocenters. The van der Waals surface area contributed by atoms with Crippen LogP contribution in [0.3, 0.4) is 0 Å². The number of methoxy groups -OCH3 is 4. The highest BCUT2D eigenvalue weighted by Gasteiger charge is 2.32. The summed E-state index contributed by atoms with van der Waals surface area (Å²) in [6.07, 6.45) is 0.829. The smallest absolute Gasteiger partial charge is 0.174 e. The van der Waals surface area contributed by atoms with Crippen molar-refractivity contribution in [2.45, 2.75) is 12.5 Å². The van der Waals surface area contributed by atoms with E-state index >= 15 is 0 Å². The van der Waals surface area contributed by atoms with Gasteiger partial charge in [-0.25, -0.2) is 0 Å². The number of rotatable bonds is 6. The van der Waals surface area contributed by atoms with Gasteiger partial charge >= 0.3 is 0 Å². The number of nitrogens with one attached hydrogen (secondary N) is 1. The van der Waals surface area contributed by atoms with Crippen molar-refractivity contribution in [2.75, 3.05) is 40.3 Å². The first-order chi connectivity index (χ1) is 16.1. The van der Waals surface area contributed by atoms with Gasteiger partial charge in [-0.2, -0.15) is 0 Å². The van der Waals surface area contributed by atoms with Crippen LogP contribution in [0, 0.1) is 0 Å². The molecule has 0 saturated heterocycles. The van der Waals surface area contributed by atoms with E-state index in [1.54, 1.807) is 28.4 Å². The van der Waals surface area contributed by atoms with Crippen LogP contribution in [0.25, 0.3) is 0 Å². The summed E-state index contributed by atoms with van der Waals surface area (Å²) in [5, 5.41) is 4.04. The van der Waals surface area contributed by atoms with Crippen LogP contribution in [0.4, 0.5) is 5.69 Å². The van der Waals surface area contributed by atoms with Gasteiger partial charge in [0.05, 0.1) is 34.5 Å². The Hall–Kier alpha value is -3.45. The summed E-state index contributed by atoms with van der Waals surface area (Å²) < 4.78 is 22.2. The van der Waals surface area contributed by atoms with Crippen molar-refractivity contribution >= 4 is 23.0 Å². The highest BCUT2D eigenvalue weighted by atomic mass is 32.1. The molecule has 0 aliphatic carbocycles. The monoisotopic (exact) mass is 464 g/mol. The van der Waals surface area contributed by atoms with E-state index in [-0.39, 0.29) is 6.04 Å². The Kier molecular flexibility index (Phi) is 6.89. The molecule has 1 N–H and O–H groups in total. The summed E-state index contributed by atoms with van der Waals surface area (Å²) in [7, 11) is 6.58. The zero-order valence-electron chi connectivity index (χ0n) is 19.3. The first kappa shape index (κ1) is 22.7. The van der Waals surface area contributed by atoms with Crippen LogP contribution in [-0.4, -0.2) is 45.0 Å². The predicted octanol–water partition coefficient (Wildman–Crippen LogP) is 5.07. The van der Waals surface area contributed by atoms with Gasteiger partial charge in [-0.15, -0.1) is 0 Å². The number of fused-ring (bicyclic) bond motifs is 1. The van der Waals surface area contributed by atoms with Gasteiger partial charge in [0, 0.05) is 12.2 Å². The molecule has 172 valence electrons. The van der Waals surface area contributed by atoms with Crippen LogP contribution < -0.4 is 24.3 Å². The van der Waals surface area contributed by atoms with Crippen LogP contribution in [0.5, 0.6) is 23.0 Å². The molecule has 0 bridgehead atoms. The lowest BCUT2D eigenvalue weighted by Gasteiger charge is -2.40. The summed E-state index contributed by atoms with van der Waals surface area (Å²) in [5.74, 6) is 2.76. The quantitative estimate of drug-likeness (QED) is 0.512. The van der Waals surface area contributed by atoms with Crippen LogP contribution in [-0.2, 0) is 6.42 Å². The number of ether oxygens (including phenoxy) is 4. The van der Waals surface area contributed by atoms with E-state index < -0.39 is 0 Å². The molecule has 0 radical (unpaired) electrons. The lowest BCUT2D eigenvalue weighted by molar-refractivity contribution is 0.327. The Bertz CT molecular complexity index is 1140. The van der Waals surface area contributed by atoms with Gasteiger partial charge in [0.25, 0.3) is 0 Å². The highest BCUT2D eigenvalue weighted by Crippen LogP contribution is 2.43. The second kappa shape index (κ2) is 10.0. The van der Waals surface area contributed by atoms with Crippen molar-refractivity contribution in [3.05, 3.63) is 77.4 Å². The van der Waals surface area contributed by atoms with E-state index in [4.69, 9.17) is 31.2 Å². The first-order valence-electron chi connectivity index (χ1n) is 10.7. The Labute approximate surface area is 200 Å². The van der Waals surface area contributed by atoms with Crippen molar-refractivity contribution in [1.82, 2.24) is 4.90 Å². The van der Waals surface area contributed by atoms with E-state index in [2.05, 4.69) is 22.3 Å². The van der Waals surface area contributed by atoms with Gasteiger partial charge in [0.1, 0.15) is 0 Å². The molecular weight excluding hydrogens is 436 g/mol. The van der Waals surface area contributed by atoms with E-state index in [9.17, 15) is 0 Å². The van der Waals surface area contributed by atoms with Crippen LogP contribution in [0.1, 0.15) is 22.7 Å². The van der Waals surface area contributed by atoms with E-state index in [1.807, 2.05) is 48.5 Å². The van der Waals surface area contributed by atoms with Crippen molar-refractivity contribution in [3.63, 3.8) is 0 Å². The van der Waals surface area contributed by atoms with E-state index in [0.29, 0.717) is 22.4 Å². The maximum Gasteiger partial charge on any atom is 0.174 e. The number of benzene rings is 3. The van der Waals surface area contributed by atoms with E-state index in [1.165, 1.54) is 5.56 Å². The lowest BCUT2D eigenvalue weighted by atomic mass is 9.87. The van der Waals surface area contributed by atoms with Crippen LogP contribution in [0.2, 0.25) is 0 Å². The SMILES string of the molecule is COc1ccc(C2c3cc(OC)c(OC)cc3CCN2C(=S)Nc2ccccc2)cc1OC. The molecule has 0 fully saturated rings. The molecule has 1 heterocycles. The average molecular weight is 465 g/mol. The molecule has 4 rings (SSSR count). The van der Waals surface area contributed by atoms with Gasteiger partial charge in [-0.3, -0.25) is 0 Å². The number of para-hydroxylation sites is 1. The maximum absolute atomic E-state index is 5.88. The average Bonchev–Trinajstić information content (AvgIpc) is 2.87. The zero-order chi connectivity index (χ0) is 23.4. The number of hydrogen-bond acceptors (Lipinski definition) is 5. The van der Waals surface area contributed by atoms with Crippen molar-refractivity contribution in [2.24, 2.45) is 0 Å². The third-order valence-electron chi connectivity index (χ3n) is 5.88. The predicted molar refractivity (Wildman–Crippen MR) is 134 cm³/mol. The summed E-state index contributed by atoms with van der Waals surface area (Å²) in [6.45, 7) is 0.750. The molecule has 0 amide bonds. The third-order valence-corrected chi connectivity index (χ3v) is 6.22. The number of hydrogen-bond donors (Lipinski definition) is 1. The minimum Gasteiger partial charge on any atom is -0.493 e. The number of thiocarbonyl (C=S) groups is 1. The molecule has 1 atom stereocenters. The molecule has 3 aromatic carbocycles. The Morgan fingerprint density at radius 1 is 0.818 bits per heavy atom. The molecule has 0 aromatic heterocycles. The molecule has 33 heavy (non-hydrogen) atoms. The number of nitrogens with zero attached hydrogens (tertiary/aromatic N) is 1. The van der Waals surface area contributed by atoms with Crippen molar-refractivity contribution < 1.29 is 18.9 Å². The molecule has 1 aliphatic heterocycles. The summed E-state index contributed by atoms with van der Waals surface area (Å²) in [6, 6.07) is 19.9. The van der Waals surface area contributed by atoms with Gasteiger partial charge in [-0.05, 0) is 71.7 Å². The standard InChI is InChI=1S/C26H28N2O4S/c1-29-21-11-10-18(15-22(21)30-2)25-20-16-24(32-4)23(31-3)14-17(20)12-13-28(25)26(33)27-19-8-6-5-7-9-19/h5-11,14-16,25H,12-13H2,1-4H3,(H,27,33). The highest BCUT2D eigenvalue weighted by molar-refractivity contribution is 7.80. The topological polar surface area (TPSA) is 52.2 Å². The maximum atomic E-state index is 5.88. The molecule has 7 heteroatoms. The van der Waals surface area contributed by atoms with Gasteiger partial charge in [0.15, 0.2) is 28.1 Å². The second-order valence-electron chi connectivity index (χ2n) is 7.66. The molecular formula is C26H28N2O4S. The number of anilines is 1. The normalized spacial score (nSPS) is 14.8. The first-order valence-corrected chi connectivity index (χ1v) is 11.1. The molecule has 1 aliphatic rings. The van der Waals surface area contributed by atoms with E-state index in [0.717, 1.165) is 35.5 Å². The zero-order valence-corrected chi connectivity index (χ0v) is 20.1. The fourth-order valence-corrected chi connectivity index (χ4v) is 4.58. The molecule has 6 nitrogen and oxygen atoms in total. The molecule has 0 spiro atoms. The summed E-state index contributed by atoms with van der Waals surface area (Å²) >= 11 is 5.88. The fourth-order valence-electron chi connectivity index (χ4n) is 4.26. The fraction of sp³-hybridized carbons (Fsp3) is 0.269. The van der Waals surface area contributed by atoms with Gasteiger partial charge in [-0.1, -0.05) is 24.3 Å². The largest absolute Gasteiger partial charge is 0.493 e. The van der Waals surface area contributed by atoms with Gasteiger partial charge < -0.3 is 29.2 Å². The van der Waals surface area contributed by atoms with Crippen molar-refractivity contribution in [3.8, 4) is 23.0 Å². The van der Waals surface area contributed by atoms with Crippen LogP contribution >= 0.6 is 12.2 Å². The van der Waals surface area contributed by atoms with Gasteiger partial charge in [0.2, 0.25) is 0 Å². The lowest BCUT2D eigenvalue weighted by Crippen LogP contribution is -2.42. The molecule has 0 saturated carbocycles. The Morgan fingerprint density at radius 3 is 2.12 bits per heavy atom. The third kappa shape index (κ3) is 4.54. The Morgan fingerprint density at radius 2 is 1.45 bits per heavy atom.